The number of carbonyl (C=O) groups is 1. The van der Waals surface area contributed by atoms with Crippen LogP contribution in [0.3, 0.4) is 0 Å². The van der Waals surface area contributed by atoms with E-state index in [1.165, 1.54) is 17.0 Å². The first-order valence-electron chi connectivity index (χ1n) is 9.20. The predicted molar refractivity (Wildman–Crippen MR) is 101 cm³/mol. The van der Waals surface area contributed by atoms with E-state index in [2.05, 4.69) is 15.1 Å². The van der Waals surface area contributed by atoms with Crippen LogP contribution in [0.1, 0.15) is 23.7 Å². The average Bonchev–Trinajstić information content (AvgIpc) is 3.43. The van der Waals surface area contributed by atoms with E-state index in [1.807, 2.05) is 30.5 Å². The van der Waals surface area contributed by atoms with E-state index >= 15 is 0 Å². The normalized spacial score (nSPS) is 16.8. The van der Waals surface area contributed by atoms with E-state index in [4.69, 9.17) is 4.52 Å². The zero-order valence-electron chi connectivity index (χ0n) is 15.2. The highest BCUT2D eigenvalue weighted by Crippen LogP contribution is 2.31. The van der Waals surface area contributed by atoms with Crippen molar-refractivity contribution < 1.29 is 18.1 Å². The van der Waals surface area contributed by atoms with Crippen molar-refractivity contribution in [3.8, 4) is 11.5 Å². The summed E-state index contributed by atoms with van der Waals surface area (Å²) in [5, 5.41) is 5.04. The predicted octanol–water partition coefficient (Wildman–Crippen LogP) is 4.01. The molecular weight excluding hydrogens is 378 g/mol. The minimum atomic E-state index is -0.664. The Morgan fingerprint density at radius 2 is 2.10 bits per heavy atom. The summed E-state index contributed by atoms with van der Waals surface area (Å²) >= 11 is 0. The Labute approximate surface area is 164 Å². The van der Waals surface area contributed by atoms with Crippen LogP contribution in [-0.2, 0) is 11.3 Å². The van der Waals surface area contributed by atoms with Gasteiger partial charge < -0.3 is 14.4 Å². The SMILES string of the molecule is O=C1CC(c2noc(-c3cccc4[nH]ccc34)n2)CN1Cc1ccc(F)cc1F. The van der Waals surface area contributed by atoms with Crippen molar-refractivity contribution in [1.29, 1.82) is 0 Å². The van der Waals surface area contributed by atoms with Crippen LogP contribution < -0.4 is 0 Å². The third-order valence-corrected chi connectivity index (χ3v) is 5.22. The molecule has 2 aromatic heterocycles. The third-order valence-electron chi connectivity index (χ3n) is 5.22. The number of halogens is 2. The van der Waals surface area contributed by atoms with Crippen molar-refractivity contribution >= 4 is 16.8 Å². The quantitative estimate of drug-likeness (QED) is 0.568. The number of hydrogen-bond donors (Lipinski definition) is 1. The van der Waals surface area contributed by atoms with Crippen LogP contribution in [0, 0.1) is 11.6 Å². The molecule has 1 fully saturated rings. The molecule has 1 aliphatic heterocycles. The number of fused-ring (bicyclic) bond motifs is 1. The first-order chi connectivity index (χ1) is 14.1. The maximum absolute atomic E-state index is 13.9. The van der Waals surface area contributed by atoms with Gasteiger partial charge in [-0.25, -0.2) is 8.78 Å². The van der Waals surface area contributed by atoms with Gasteiger partial charge in [-0.2, -0.15) is 4.98 Å². The molecule has 0 aliphatic carbocycles. The summed E-state index contributed by atoms with van der Waals surface area (Å²) in [6.07, 6.45) is 2.06. The topological polar surface area (TPSA) is 75.0 Å². The van der Waals surface area contributed by atoms with E-state index in [0.717, 1.165) is 22.5 Å². The molecule has 1 N–H and O–H groups in total. The van der Waals surface area contributed by atoms with Crippen molar-refractivity contribution in [2.75, 3.05) is 6.54 Å². The second-order valence-electron chi connectivity index (χ2n) is 7.11. The lowest BCUT2D eigenvalue weighted by atomic mass is 10.1. The van der Waals surface area contributed by atoms with E-state index in [0.29, 0.717) is 18.3 Å². The number of amides is 1. The third kappa shape index (κ3) is 3.16. The van der Waals surface area contributed by atoms with Crippen molar-refractivity contribution in [1.82, 2.24) is 20.0 Å². The highest BCUT2D eigenvalue weighted by molar-refractivity contribution is 5.92. The minimum Gasteiger partial charge on any atom is -0.361 e. The number of carbonyl (C=O) groups excluding carboxylic acids is 1. The zero-order valence-corrected chi connectivity index (χ0v) is 15.2. The molecule has 0 spiro atoms. The van der Waals surface area contributed by atoms with Gasteiger partial charge in [-0.3, -0.25) is 4.79 Å². The molecule has 0 bridgehead atoms. The van der Waals surface area contributed by atoms with Crippen LogP contribution in [0.2, 0.25) is 0 Å². The molecule has 1 saturated heterocycles. The van der Waals surface area contributed by atoms with Crippen molar-refractivity contribution in [2.45, 2.75) is 18.9 Å². The molecule has 4 aromatic rings. The maximum Gasteiger partial charge on any atom is 0.258 e. The van der Waals surface area contributed by atoms with Crippen molar-refractivity contribution in [2.24, 2.45) is 0 Å². The number of benzene rings is 2. The van der Waals surface area contributed by atoms with Crippen LogP contribution in [0.5, 0.6) is 0 Å². The van der Waals surface area contributed by atoms with Gasteiger partial charge in [0.15, 0.2) is 5.82 Å². The molecule has 6 nitrogen and oxygen atoms in total. The summed E-state index contributed by atoms with van der Waals surface area (Å²) in [5.74, 6) is -0.841. The van der Waals surface area contributed by atoms with Gasteiger partial charge in [0.25, 0.3) is 5.89 Å². The van der Waals surface area contributed by atoms with Crippen LogP contribution in [0.4, 0.5) is 8.78 Å². The second-order valence-corrected chi connectivity index (χ2v) is 7.11. The van der Waals surface area contributed by atoms with Gasteiger partial charge in [0.1, 0.15) is 11.6 Å². The van der Waals surface area contributed by atoms with Crippen LogP contribution in [0.25, 0.3) is 22.4 Å². The minimum absolute atomic E-state index is 0.0782. The lowest BCUT2D eigenvalue weighted by Gasteiger charge is -2.16. The molecule has 2 aromatic carbocycles. The molecule has 1 aliphatic rings. The number of H-pyrrole nitrogens is 1. The summed E-state index contributed by atoms with van der Waals surface area (Å²) in [4.78, 5) is 21.6. The van der Waals surface area contributed by atoms with Crippen LogP contribution in [-0.4, -0.2) is 32.5 Å². The largest absolute Gasteiger partial charge is 0.361 e. The molecule has 8 heteroatoms. The number of aromatic nitrogens is 3. The Bertz CT molecular complexity index is 1220. The molecular formula is C21H16F2N4O2. The average molecular weight is 394 g/mol. The summed E-state index contributed by atoms with van der Waals surface area (Å²) in [6.45, 7) is 0.428. The number of nitrogens with zero attached hydrogens (tertiary/aromatic N) is 3. The highest BCUT2D eigenvalue weighted by Gasteiger charge is 2.34. The summed E-state index contributed by atoms with van der Waals surface area (Å²) in [7, 11) is 0. The van der Waals surface area contributed by atoms with Gasteiger partial charge in [-0.1, -0.05) is 17.3 Å². The monoisotopic (exact) mass is 394 g/mol. The Kier molecular flexibility index (Phi) is 4.12. The maximum atomic E-state index is 13.9. The summed E-state index contributed by atoms with van der Waals surface area (Å²) in [5.41, 5.74) is 2.05. The van der Waals surface area contributed by atoms with Gasteiger partial charge in [-0.05, 0) is 24.3 Å². The summed E-state index contributed by atoms with van der Waals surface area (Å²) < 4.78 is 32.5. The molecule has 29 heavy (non-hydrogen) atoms. The van der Waals surface area contributed by atoms with Crippen LogP contribution >= 0.6 is 0 Å². The summed E-state index contributed by atoms with van der Waals surface area (Å²) in [6, 6.07) is 11.1. The number of hydrogen-bond acceptors (Lipinski definition) is 4. The molecule has 1 amide bonds. The van der Waals surface area contributed by atoms with E-state index in [-0.39, 0.29) is 30.4 Å². The van der Waals surface area contributed by atoms with E-state index in [1.54, 1.807) is 0 Å². The Morgan fingerprint density at radius 3 is 2.97 bits per heavy atom. The first-order valence-corrected chi connectivity index (χ1v) is 9.20. The molecule has 0 saturated carbocycles. The number of likely N-dealkylation sites (tertiary alicyclic amines) is 1. The highest BCUT2D eigenvalue weighted by atomic mass is 19.1. The second kappa shape index (κ2) is 6.80. The van der Waals surface area contributed by atoms with Gasteiger partial charge in [0, 0.05) is 59.7 Å². The van der Waals surface area contributed by atoms with Crippen molar-refractivity contribution in [3.63, 3.8) is 0 Å². The van der Waals surface area contributed by atoms with Crippen molar-refractivity contribution in [3.05, 3.63) is 71.7 Å². The molecule has 5 rings (SSSR count). The van der Waals surface area contributed by atoms with E-state index < -0.39 is 11.6 Å². The molecule has 146 valence electrons. The first kappa shape index (κ1) is 17.5. The Balaban J connectivity index is 1.36. The zero-order chi connectivity index (χ0) is 20.0. The smallest absolute Gasteiger partial charge is 0.258 e. The number of nitrogens with one attached hydrogen (secondary N) is 1. The van der Waals surface area contributed by atoms with Crippen LogP contribution in [0.15, 0.2) is 53.2 Å². The van der Waals surface area contributed by atoms with Gasteiger partial charge in [0.2, 0.25) is 5.91 Å². The molecule has 1 unspecified atom stereocenters. The van der Waals surface area contributed by atoms with Gasteiger partial charge in [0.05, 0.1) is 0 Å². The molecule has 1 atom stereocenters. The fourth-order valence-corrected chi connectivity index (χ4v) is 3.74. The standard InChI is InChI=1S/C21H16F2N4O2/c22-14-5-4-12(17(23)9-14)10-27-11-13(8-19(27)28)20-25-21(29-26-20)16-2-1-3-18-15(16)6-7-24-18/h1-7,9,13,24H,8,10-11H2. The fraction of sp³-hybridized carbons (Fsp3) is 0.190. The Hall–Kier alpha value is -3.55. The van der Waals surface area contributed by atoms with Gasteiger partial charge >= 0.3 is 0 Å². The number of aromatic amines is 1. The van der Waals surface area contributed by atoms with E-state index in [9.17, 15) is 13.6 Å². The number of rotatable bonds is 4. The fourth-order valence-electron chi connectivity index (χ4n) is 3.74. The molecule has 3 heterocycles. The molecule has 0 radical (unpaired) electrons. The Morgan fingerprint density at radius 1 is 1.21 bits per heavy atom. The lowest BCUT2D eigenvalue weighted by Crippen LogP contribution is -2.25. The lowest BCUT2D eigenvalue weighted by molar-refractivity contribution is -0.128. The van der Waals surface area contributed by atoms with Gasteiger partial charge in [-0.15, -0.1) is 0 Å².